The van der Waals surface area contributed by atoms with Gasteiger partial charge in [-0.15, -0.1) is 0 Å². The number of hydrogen-bond acceptors (Lipinski definition) is 5. The van der Waals surface area contributed by atoms with Crippen LogP contribution in [0.2, 0.25) is 0 Å². The highest BCUT2D eigenvalue weighted by Gasteiger charge is 2.15. The molecule has 2 aromatic rings. The number of rotatable bonds is 5. The molecular weight excluding hydrogens is 292 g/mol. The van der Waals surface area contributed by atoms with Gasteiger partial charge in [-0.1, -0.05) is 12.1 Å². The Balaban J connectivity index is 1.78. The van der Waals surface area contributed by atoms with Gasteiger partial charge in [0.05, 0.1) is 16.7 Å². The zero-order valence-corrected chi connectivity index (χ0v) is 14.1. The highest BCUT2D eigenvalue weighted by atomic mass is 16.6. The molecule has 124 valence electrons. The highest BCUT2D eigenvalue weighted by Crippen LogP contribution is 2.15. The maximum absolute atomic E-state index is 11.5. The van der Waals surface area contributed by atoms with Gasteiger partial charge >= 0.3 is 6.09 Å². The number of amides is 1. The van der Waals surface area contributed by atoms with Crippen LogP contribution in [-0.4, -0.2) is 34.8 Å². The number of benzene rings is 1. The number of nitrogens with zero attached hydrogens (tertiary/aromatic N) is 2. The second kappa shape index (κ2) is 7.26. The van der Waals surface area contributed by atoms with Crippen LogP contribution in [0.15, 0.2) is 24.3 Å². The molecular formula is C17H24N4O2. The fourth-order valence-electron chi connectivity index (χ4n) is 2.06. The van der Waals surface area contributed by atoms with Crippen molar-refractivity contribution in [3.8, 4) is 0 Å². The molecule has 1 amide bonds. The minimum Gasteiger partial charge on any atom is -0.444 e. The van der Waals surface area contributed by atoms with Crippen molar-refractivity contribution in [2.24, 2.45) is 0 Å². The van der Waals surface area contributed by atoms with Crippen LogP contribution in [0, 0.1) is 6.92 Å². The van der Waals surface area contributed by atoms with Crippen LogP contribution in [0.1, 0.15) is 32.9 Å². The van der Waals surface area contributed by atoms with Gasteiger partial charge in [-0.3, -0.25) is 0 Å². The van der Waals surface area contributed by atoms with Crippen LogP contribution >= 0.6 is 0 Å². The fourth-order valence-corrected chi connectivity index (χ4v) is 2.06. The molecule has 23 heavy (non-hydrogen) atoms. The molecule has 2 N–H and O–H groups in total. The Morgan fingerprint density at radius 2 is 1.78 bits per heavy atom. The summed E-state index contributed by atoms with van der Waals surface area (Å²) in [6.07, 6.45) is 0.381. The van der Waals surface area contributed by atoms with Crippen LogP contribution < -0.4 is 10.6 Å². The molecule has 0 bridgehead atoms. The average Bonchev–Trinajstić information content (AvgIpc) is 2.45. The molecule has 0 spiro atoms. The van der Waals surface area contributed by atoms with Crippen LogP contribution in [0.4, 0.5) is 10.6 Å². The molecule has 0 aliphatic heterocycles. The first-order valence-corrected chi connectivity index (χ1v) is 7.79. The van der Waals surface area contributed by atoms with E-state index in [9.17, 15) is 4.79 Å². The second-order valence-electron chi connectivity index (χ2n) is 6.36. The zero-order chi connectivity index (χ0) is 16.9. The van der Waals surface area contributed by atoms with Gasteiger partial charge in [0, 0.05) is 13.1 Å². The first-order valence-electron chi connectivity index (χ1n) is 7.79. The van der Waals surface area contributed by atoms with Gasteiger partial charge < -0.3 is 15.4 Å². The largest absolute Gasteiger partial charge is 0.444 e. The van der Waals surface area contributed by atoms with Crippen molar-refractivity contribution >= 4 is 22.9 Å². The predicted molar refractivity (Wildman–Crippen MR) is 91.6 cm³/mol. The molecule has 1 aromatic carbocycles. The Morgan fingerprint density at radius 3 is 2.43 bits per heavy atom. The summed E-state index contributed by atoms with van der Waals surface area (Å²) in [7, 11) is 0. The summed E-state index contributed by atoms with van der Waals surface area (Å²) >= 11 is 0. The van der Waals surface area contributed by atoms with Crippen LogP contribution in [0.25, 0.3) is 11.0 Å². The number of para-hydroxylation sites is 2. The number of hydrogen-bond donors (Lipinski definition) is 2. The van der Waals surface area contributed by atoms with E-state index in [-0.39, 0.29) is 6.09 Å². The van der Waals surface area contributed by atoms with Gasteiger partial charge in [-0.25, -0.2) is 14.8 Å². The smallest absolute Gasteiger partial charge is 0.407 e. The van der Waals surface area contributed by atoms with Crippen molar-refractivity contribution in [1.82, 2.24) is 15.3 Å². The molecule has 0 saturated carbocycles. The van der Waals surface area contributed by atoms with Crippen molar-refractivity contribution in [2.75, 3.05) is 18.4 Å². The average molecular weight is 316 g/mol. The Morgan fingerprint density at radius 1 is 1.13 bits per heavy atom. The summed E-state index contributed by atoms with van der Waals surface area (Å²) in [4.78, 5) is 20.6. The van der Waals surface area contributed by atoms with Gasteiger partial charge in [0.2, 0.25) is 0 Å². The van der Waals surface area contributed by atoms with Crippen LogP contribution in [-0.2, 0) is 4.74 Å². The van der Waals surface area contributed by atoms with Gasteiger partial charge in [-0.05, 0) is 46.2 Å². The lowest BCUT2D eigenvalue weighted by molar-refractivity contribution is 0.0528. The summed E-state index contributed by atoms with van der Waals surface area (Å²) in [6.45, 7) is 8.70. The summed E-state index contributed by atoms with van der Waals surface area (Å²) in [5, 5.41) is 5.99. The Bertz CT molecular complexity index is 680. The molecule has 0 unspecified atom stereocenters. The first kappa shape index (κ1) is 17.0. The summed E-state index contributed by atoms with van der Waals surface area (Å²) in [5.41, 5.74) is 2.15. The molecule has 6 nitrogen and oxygen atoms in total. The maximum Gasteiger partial charge on any atom is 0.407 e. The lowest BCUT2D eigenvalue weighted by atomic mass is 10.2. The number of aromatic nitrogens is 2. The summed E-state index contributed by atoms with van der Waals surface area (Å²) in [6, 6.07) is 7.79. The van der Waals surface area contributed by atoms with Crippen molar-refractivity contribution in [3.05, 3.63) is 30.0 Å². The lowest BCUT2D eigenvalue weighted by Gasteiger charge is -2.19. The van der Waals surface area contributed by atoms with E-state index in [1.807, 2.05) is 52.0 Å². The minimum absolute atomic E-state index is 0.390. The first-order chi connectivity index (χ1) is 10.8. The van der Waals surface area contributed by atoms with Crippen molar-refractivity contribution in [3.63, 3.8) is 0 Å². The normalized spacial score (nSPS) is 11.3. The van der Waals surface area contributed by atoms with E-state index in [2.05, 4.69) is 20.6 Å². The standard InChI is InChI=1S/C17H24N4O2/c1-12-15(21-14-9-6-5-8-13(14)20-12)18-10-7-11-19-16(22)23-17(2,3)4/h5-6,8-9H,7,10-11H2,1-4H3,(H,18,21)(H,19,22). The number of aryl methyl sites for hydroxylation is 1. The molecule has 0 radical (unpaired) electrons. The van der Waals surface area contributed by atoms with Crippen molar-refractivity contribution in [2.45, 2.75) is 39.7 Å². The number of fused-ring (bicyclic) bond motifs is 1. The molecule has 2 rings (SSSR count). The molecule has 0 aliphatic rings. The van der Waals surface area contributed by atoms with Gasteiger partial charge in [0.1, 0.15) is 11.4 Å². The highest BCUT2D eigenvalue weighted by molar-refractivity contribution is 5.76. The van der Waals surface area contributed by atoms with Gasteiger partial charge in [0.15, 0.2) is 0 Å². The minimum atomic E-state index is -0.472. The molecule has 0 fully saturated rings. The van der Waals surface area contributed by atoms with E-state index in [0.29, 0.717) is 13.1 Å². The molecule has 1 aromatic heterocycles. The number of alkyl carbamates (subject to hydrolysis) is 1. The van der Waals surface area contributed by atoms with Crippen LogP contribution in [0.5, 0.6) is 0 Å². The SMILES string of the molecule is Cc1nc2ccccc2nc1NCCCNC(=O)OC(C)(C)C. The third-order valence-corrected chi connectivity index (χ3v) is 3.06. The Labute approximate surface area is 136 Å². The molecule has 0 aliphatic carbocycles. The number of anilines is 1. The Hall–Kier alpha value is -2.37. The third-order valence-electron chi connectivity index (χ3n) is 3.06. The van der Waals surface area contributed by atoms with E-state index >= 15 is 0 Å². The number of ether oxygens (including phenoxy) is 1. The summed E-state index contributed by atoms with van der Waals surface area (Å²) < 4.78 is 5.18. The number of carbonyl (C=O) groups is 1. The quantitative estimate of drug-likeness (QED) is 0.828. The van der Waals surface area contributed by atoms with E-state index in [0.717, 1.165) is 29.0 Å². The van der Waals surface area contributed by atoms with Gasteiger partial charge in [-0.2, -0.15) is 0 Å². The molecule has 1 heterocycles. The lowest BCUT2D eigenvalue weighted by Crippen LogP contribution is -2.33. The molecule has 0 saturated heterocycles. The summed E-state index contributed by atoms with van der Waals surface area (Å²) in [5.74, 6) is 0.779. The van der Waals surface area contributed by atoms with E-state index in [1.54, 1.807) is 0 Å². The molecule has 6 heteroatoms. The fraction of sp³-hybridized carbons (Fsp3) is 0.471. The number of carbonyl (C=O) groups excluding carboxylic acids is 1. The maximum atomic E-state index is 11.5. The third kappa shape index (κ3) is 5.39. The second-order valence-corrected chi connectivity index (χ2v) is 6.36. The predicted octanol–water partition coefficient (Wildman–Crippen LogP) is 3.26. The van der Waals surface area contributed by atoms with Crippen molar-refractivity contribution in [1.29, 1.82) is 0 Å². The van der Waals surface area contributed by atoms with Crippen LogP contribution in [0.3, 0.4) is 0 Å². The topological polar surface area (TPSA) is 76.1 Å². The zero-order valence-electron chi connectivity index (χ0n) is 14.1. The van der Waals surface area contributed by atoms with Gasteiger partial charge in [0.25, 0.3) is 0 Å². The van der Waals surface area contributed by atoms with E-state index in [1.165, 1.54) is 0 Å². The monoisotopic (exact) mass is 316 g/mol. The van der Waals surface area contributed by atoms with E-state index in [4.69, 9.17) is 4.74 Å². The Kier molecular flexibility index (Phi) is 5.36. The number of nitrogens with one attached hydrogen (secondary N) is 2. The molecule has 0 atom stereocenters. The van der Waals surface area contributed by atoms with Crippen molar-refractivity contribution < 1.29 is 9.53 Å². The van der Waals surface area contributed by atoms with E-state index < -0.39 is 5.60 Å².